The van der Waals surface area contributed by atoms with Gasteiger partial charge >= 0.3 is 0 Å². The van der Waals surface area contributed by atoms with Crippen molar-refractivity contribution in [3.63, 3.8) is 0 Å². The molecular weight excluding hydrogens is 305 g/mol. The van der Waals surface area contributed by atoms with E-state index in [9.17, 15) is 14.0 Å². The minimum Gasteiger partial charge on any atom is -0.369 e. The Morgan fingerprint density at radius 3 is 2.59 bits per heavy atom. The number of carbonyl (C=O) groups excluding carboxylic acids is 2. The minimum absolute atomic E-state index is 0.113. The fourth-order valence-electron chi connectivity index (χ4n) is 1.95. The molecule has 0 unspecified atom stereocenters. The van der Waals surface area contributed by atoms with Crippen LogP contribution in [-0.4, -0.2) is 23.3 Å². The zero-order chi connectivity index (χ0) is 16.1. The maximum absolute atomic E-state index is 12.9. The van der Waals surface area contributed by atoms with Crippen molar-refractivity contribution >= 4 is 23.2 Å². The molecule has 0 aliphatic heterocycles. The fraction of sp³-hybridized carbons (Fsp3) is 0.267. The summed E-state index contributed by atoms with van der Waals surface area (Å²) in [5, 5.41) is 5.11. The van der Waals surface area contributed by atoms with Crippen molar-refractivity contribution in [2.75, 3.05) is 6.54 Å². The number of aryl methyl sites for hydroxylation is 1. The van der Waals surface area contributed by atoms with Crippen molar-refractivity contribution in [2.24, 2.45) is 11.7 Å². The lowest BCUT2D eigenvalue weighted by Crippen LogP contribution is -2.37. The summed E-state index contributed by atoms with van der Waals surface area (Å²) in [6, 6.07) is 5.84. The van der Waals surface area contributed by atoms with Gasteiger partial charge in [0, 0.05) is 11.9 Å². The summed E-state index contributed by atoms with van der Waals surface area (Å²) in [7, 11) is 0. The molecule has 0 aliphatic rings. The Morgan fingerprint density at radius 2 is 2.05 bits per heavy atom. The molecule has 1 heterocycles. The Balaban J connectivity index is 1.95. The number of thiazole rings is 1. The highest BCUT2D eigenvalue weighted by molar-refractivity contribution is 7.09. The van der Waals surface area contributed by atoms with Gasteiger partial charge in [-0.1, -0.05) is 12.1 Å². The van der Waals surface area contributed by atoms with Gasteiger partial charge in [-0.2, -0.15) is 0 Å². The molecule has 5 nitrogen and oxygen atoms in total. The zero-order valence-electron chi connectivity index (χ0n) is 12.0. The Hall–Kier alpha value is -2.28. The van der Waals surface area contributed by atoms with Gasteiger partial charge in [0.15, 0.2) is 0 Å². The Bertz CT molecular complexity index is 670. The van der Waals surface area contributed by atoms with E-state index in [-0.39, 0.29) is 18.3 Å². The van der Waals surface area contributed by atoms with E-state index in [1.807, 2.05) is 6.92 Å². The normalized spacial score (nSPS) is 11.9. The number of nitrogens with zero attached hydrogens (tertiary/aromatic N) is 1. The predicted octanol–water partition coefficient (Wildman–Crippen LogP) is 1.66. The average Bonchev–Trinajstić information content (AvgIpc) is 2.91. The fourth-order valence-corrected chi connectivity index (χ4v) is 2.55. The highest BCUT2D eigenvalue weighted by atomic mass is 32.1. The second-order valence-corrected chi connectivity index (χ2v) is 5.95. The molecule has 0 saturated heterocycles. The van der Waals surface area contributed by atoms with Crippen molar-refractivity contribution < 1.29 is 14.0 Å². The van der Waals surface area contributed by atoms with Crippen molar-refractivity contribution in [3.8, 4) is 0 Å². The second kappa shape index (κ2) is 7.13. The molecular formula is C15H16FN3O2S. The van der Waals surface area contributed by atoms with Crippen LogP contribution >= 0.6 is 11.3 Å². The third-order valence-corrected chi connectivity index (χ3v) is 3.93. The van der Waals surface area contributed by atoms with Gasteiger partial charge in [-0.3, -0.25) is 9.59 Å². The molecule has 22 heavy (non-hydrogen) atoms. The predicted molar refractivity (Wildman–Crippen MR) is 82.0 cm³/mol. The molecule has 7 heteroatoms. The zero-order valence-corrected chi connectivity index (χ0v) is 12.8. The molecule has 0 radical (unpaired) electrons. The van der Waals surface area contributed by atoms with Crippen LogP contribution in [0.15, 0.2) is 29.6 Å². The number of halogens is 1. The summed E-state index contributed by atoms with van der Waals surface area (Å²) in [5.41, 5.74) is 6.47. The number of amides is 2. The molecule has 2 aromatic rings. The van der Waals surface area contributed by atoms with Crippen molar-refractivity contribution in [1.29, 1.82) is 0 Å². The number of hydrogen-bond acceptors (Lipinski definition) is 4. The number of benzene rings is 1. The Labute approximate surface area is 131 Å². The van der Waals surface area contributed by atoms with Crippen LogP contribution in [0.5, 0.6) is 0 Å². The third-order valence-electron chi connectivity index (χ3n) is 3.16. The van der Waals surface area contributed by atoms with Gasteiger partial charge < -0.3 is 11.1 Å². The number of carbonyl (C=O) groups is 2. The molecule has 1 aromatic heterocycles. The van der Waals surface area contributed by atoms with E-state index in [1.54, 1.807) is 17.5 Å². The number of nitrogens with two attached hydrogens (primary N) is 1. The SMILES string of the molecule is Cc1nc(C(=O)NC[C@H](Cc2ccc(F)cc2)C(N)=O)cs1. The van der Waals surface area contributed by atoms with E-state index >= 15 is 0 Å². The minimum atomic E-state index is -0.561. The summed E-state index contributed by atoms with van der Waals surface area (Å²) in [4.78, 5) is 27.5. The molecule has 0 fully saturated rings. The second-order valence-electron chi connectivity index (χ2n) is 4.89. The monoisotopic (exact) mass is 321 g/mol. The molecule has 116 valence electrons. The van der Waals surface area contributed by atoms with Gasteiger partial charge in [-0.05, 0) is 31.0 Å². The van der Waals surface area contributed by atoms with Crippen LogP contribution in [0.2, 0.25) is 0 Å². The van der Waals surface area contributed by atoms with Gasteiger partial charge in [-0.25, -0.2) is 9.37 Å². The first kappa shape index (κ1) is 16.1. The van der Waals surface area contributed by atoms with E-state index in [1.165, 1.54) is 23.5 Å². The Morgan fingerprint density at radius 1 is 1.36 bits per heavy atom. The molecule has 0 spiro atoms. The largest absolute Gasteiger partial charge is 0.369 e. The molecule has 2 rings (SSSR count). The Kier molecular flexibility index (Phi) is 5.21. The first-order chi connectivity index (χ1) is 10.5. The molecule has 1 aromatic carbocycles. The molecule has 3 N–H and O–H groups in total. The molecule has 2 amide bonds. The first-order valence-electron chi connectivity index (χ1n) is 6.70. The van der Waals surface area contributed by atoms with E-state index in [0.29, 0.717) is 12.1 Å². The van der Waals surface area contributed by atoms with Crippen molar-refractivity contribution in [3.05, 3.63) is 51.7 Å². The number of aromatic nitrogens is 1. The van der Waals surface area contributed by atoms with Gasteiger partial charge in [0.1, 0.15) is 11.5 Å². The molecule has 0 aliphatic carbocycles. The summed E-state index contributed by atoms with van der Waals surface area (Å²) in [6.07, 6.45) is 0.339. The molecule has 0 bridgehead atoms. The molecule has 0 saturated carbocycles. The quantitative estimate of drug-likeness (QED) is 0.848. The lowest BCUT2D eigenvalue weighted by atomic mass is 9.98. The number of nitrogens with one attached hydrogen (secondary N) is 1. The van der Waals surface area contributed by atoms with E-state index in [0.717, 1.165) is 10.6 Å². The summed E-state index contributed by atoms with van der Waals surface area (Å²) < 4.78 is 12.9. The van der Waals surface area contributed by atoms with Crippen LogP contribution < -0.4 is 11.1 Å². The third kappa shape index (κ3) is 4.36. The van der Waals surface area contributed by atoms with Crippen LogP contribution in [0.4, 0.5) is 4.39 Å². The lowest BCUT2D eigenvalue weighted by molar-refractivity contribution is -0.121. The standard InChI is InChI=1S/C15H16FN3O2S/c1-9-19-13(8-22-9)15(21)18-7-11(14(17)20)6-10-2-4-12(16)5-3-10/h2-5,8,11H,6-7H2,1H3,(H2,17,20)(H,18,21)/t11-/m0/s1. The van der Waals surface area contributed by atoms with E-state index in [2.05, 4.69) is 10.3 Å². The highest BCUT2D eigenvalue weighted by Gasteiger charge is 2.18. The van der Waals surface area contributed by atoms with Crippen LogP contribution in [-0.2, 0) is 11.2 Å². The van der Waals surface area contributed by atoms with Crippen LogP contribution in [0.1, 0.15) is 21.1 Å². The summed E-state index contributed by atoms with van der Waals surface area (Å²) in [6.45, 7) is 1.92. The first-order valence-corrected chi connectivity index (χ1v) is 7.57. The summed E-state index contributed by atoms with van der Waals surface area (Å²) in [5.74, 6) is -1.76. The molecule has 1 atom stereocenters. The van der Waals surface area contributed by atoms with Crippen molar-refractivity contribution in [2.45, 2.75) is 13.3 Å². The number of primary amides is 1. The summed E-state index contributed by atoms with van der Waals surface area (Å²) >= 11 is 1.38. The van der Waals surface area contributed by atoms with Crippen LogP contribution in [0.3, 0.4) is 0 Å². The van der Waals surface area contributed by atoms with Gasteiger partial charge in [0.25, 0.3) is 5.91 Å². The average molecular weight is 321 g/mol. The van der Waals surface area contributed by atoms with Gasteiger partial charge in [-0.15, -0.1) is 11.3 Å². The van der Waals surface area contributed by atoms with E-state index in [4.69, 9.17) is 5.73 Å². The number of rotatable bonds is 6. The van der Waals surface area contributed by atoms with Crippen LogP contribution in [0, 0.1) is 18.7 Å². The van der Waals surface area contributed by atoms with Gasteiger partial charge in [0.05, 0.1) is 10.9 Å². The number of hydrogen-bond donors (Lipinski definition) is 2. The van der Waals surface area contributed by atoms with Crippen molar-refractivity contribution in [1.82, 2.24) is 10.3 Å². The highest BCUT2D eigenvalue weighted by Crippen LogP contribution is 2.11. The smallest absolute Gasteiger partial charge is 0.270 e. The van der Waals surface area contributed by atoms with E-state index < -0.39 is 11.8 Å². The lowest BCUT2D eigenvalue weighted by Gasteiger charge is -2.14. The maximum Gasteiger partial charge on any atom is 0.270 e. The van der Waals surface area contributed by atoms with Gasteiger partial charge in [0.2, 0.25) is 5.91 Å². The maximum atomic E-state index is 12.9. The van der Waals surface area contributed by atoms with Crippen LogP contribution in [0.25, 0.3) is 0 Å². The topological polar surface area (TPSA) is 85.1 Å².